The fraction of sp³-hybridized carbons (Fsp3) is 0.476. The zero-order valence-electron chi connectivity index (χ0n) is 16.2. The van der Waals surface area contributed by atoms with Gasteiger partial charge in [0.15, 0.2) is 5.96 Å². The van der Waals surface area contributed by atoms with E-state index in [1.807, 2.05) is 12.1 Å². The second-order valence-electron chi connectivity index (χ2n) is 6.72. The van der Waals surface area contributed by atoms with Gasteiger partial charge in [0.25, 0.3) is 0 Å². The van der Waals surface area contributed by atoms with Crippen molar-refractivity contribution >= 4 is 11.6 Å². The third-order valence-electron chi connectivity index (χ3n) is 4.75. The van der Waals surface area contributed by atoms with Crippen LogP contribution in [0, 0.1) is 0 Å². The number of nitrogens with zero attached hydrogens (tertiary/aromatic N) is 3. The summed E-state index contributed by atoms with van der Waals surface area (Å²) in [5.41, 5.74) is 1.34. The minimum absolute atomic E-state index is 0.559. The summed E-state index contributed by atoms with van der Waals surface area (Å²) in [5.74, 6) is 1.73. The summed E-state index contributed by atoms with van der Waals surface area (Å²) in [7, 11) is 0. The molecule has 2 N–H and O–H groups in total. The first kappa shape index (κ1) is 19.3. The van der Waals surface area contributed by atoms with Gasteiger partial charge in [-0.05, 0) is 44.2 Å². The molecule has 0 bridgehead atoms. The van der Waals surface area contributed by atoms with Gasteiger partial charge in [0.2, 0.25) is 0 Å². The molecule has 1 aromatic heterocycles. The Kier molecular flexibility index (Phi) is 7.59. The van der Waals surface area contributed by atoms with Crippen molar-refractivity contribution in [3.05, 3.63) is 54.5 Å². The average Bonchev–Trinajstić information content (AvgIpc) is 3.24. The fourth-order valence-corrected chi connectivity index (χ4v) is 3.28. The number of anilines is 1. The van der Waals surface area contributed by atoms with E-state index in [1.54, 1.807) is 6.26 Å². The number of hydrogen-bond acceptors (Lipinski definition) is 4. The molecule has 27 heavy (non-hydrogen) atoms. The van der Waals surface area contributed by atoms with Gasteiger partial charge < -0.3 is 20.0 Å². The highest BCUT2D eigenvalue weighted by molar-refractivity contribution is 5.79. The summed E-state index contributed by atoms with van der Waals surface area (Å²) in [4.78, 5) is 9.59. The Morgan fingerprint density at radius 1 is 1.04 bits per heavy atom. The molecule has 0 spiro atoms. The quantitative estimate of drug-likeness (QED) is 0.425. The lowest BCUT2D eigenvalue weighted by atomic mass is 10.2. The molecule has 3 rings (SSSR count). The van der Waals surface area contributed by atoms with E-state index >= 15 is 0 Å². The number of benzene rings is 1. The highest BCUT2D eigenvalue weighted by Gasteiger charge is 2.16. The molecule has 1 saturated heterocycles. The van der Waals surface area contributed by atoms with Crippen molar-refractivity contribution in [2.75, 3.05) is 50.7 Å². The molecular formula is C21H31N5O. The van der Waals surface area contributed by atoms with E-state index in [4.69, 9.17) is 4.42 Å². The SMILES string of the molecule is CCNC(=NCc1ccco1)NCCCN1CCN(c2ccccc2)CC1. The van der Waals surface area contributed by atoms with Crippen LogP contribution < -0.4 is 15.5 Å². The van der Waals surface area contributed by atoms with Crippen LogP contribution in [0.25, 0.3) is 0 Å². The van der Waals surface area contributed by atoms with Crippen LogP contribution in [0.4, 0.5) is 5.69 Å². The molecule has 2 heterocycles. The Bertz CT molecular complexity index is 663. The lowest BCUT2D eigenvalue weighted by Gasteiger charge is -2.36. The summed E-state index contributed by atoms with van der Waals surface area (Å²) < 4.78 is 5.33. The molecule has 0 atom stereocenters. The molecule has 2 aromatic rings. The number of furan rings is 1. The first-order chi connectivity index (χ1) is 13.3. The summed E-state index contributed by atoms with van der Waals surface area (Å²) in [6, 6.07) is 14.5. The predicted molar refractivity (Wildman–Crippen MR) is 111 cm³/mol. The summed E-state index contributed by atoms with van der Waals surface area (Å²) in [5, 5.41) is 6.70. The molecule has 1 fully saturated rings. The number of guanidine groups is 1. The number of rotatable bonds is 8. The van der Waals surface area contributed by atoms with Crippen LogP contribution in [-0.4, -0.2) is 56.7 Å². The molecule has 146 valence electrons. The molecule has 6 nitrogen and oxygen atoms in total. The number of hydrogen-bond donors (Lipinski definition) is 2. The molecule has 6 heteroatoms. The highest BCUT2D eigenvalue weighted by atomic mass is 16.3. The van der Waals surface area contributed by atoms with Gasteiger partial charge in [0.1, 0.15) is 12.3 Å². The van der Waals surface area contributed by atoms with Crippen LogP contribution in [0.15, 0.2) is 58.1 Å². The molecular weight excluding hydrogens is 338 g/mol. The van der Waals surface area contributed by atoms with Crippen molar-refractivity contribution in [3.8, 4) is 0 Å². The average molecular weight is 370 g/mol. The van der Waals surface area contributed by atoms with Gasteiger partial charge in [0.05, 0.1) is 6.26 Å². The maximum absolute atomic E-state index is 5.33. The second-order valence-corrected chi connectivity index (χ2v) is 6.72. The highest BCUT2D eigenvalue weighted by Crippen LogP contribution is 2.15. The number of para-hydroxylation sites is 1. The topological polar surface area (TPSA) is 56.0 Å². The lowest BCUT2D eigenvalue weighted by molar-refractivity contribution is 0.255. The second kappa shape index (κ2) is 10.6. The Morgan fingerprint density at radius 3 is 2.56 bits per heavy atom. The van der Waals surface area contributed by atoms with E-state index < -0.39 is 0 Å². The summed E-state index contributed by atoms with van der Waals surface area (Å²) in [6.07, 6.45) is 2.79. The Balaban J connectivity index is 1.34. The zero-order chi connectivity index (χ0) is 18.7. The predicted octanol–water partition coefficient (Wildman–Crippen LogP) is 2.55. The van der Waals surface area contributed by atoms with Crippen LogP contribution in [0.3, 0.4) is 0 Å². The van der Waals surface area contributed by atoms with Crippen molar-refractivity contribution in [1.29, 1.82) is 0 Å². The van der Waals surface area contributed by atoms with E-state index in [0.29, 0.717) is 6.54 Å². The van der Waals surface area contributed by atoms with Crippen molar-refractivity contribution < 1.29 is 4.42 Å². The van der Waals surface area contributed by atoms with Gasteiger partial charge in [-0.1, -0.05) is 18.2 Å². The minimum Gasteiger partial charge on any atom is -0.467 e. The van der Waals surface area contributed by atoms with E-state index in [-0.39, 0.29) is 0 Å². The lowest BCUT2D eigenvalue weighted by Crippen LogP contribution is -2.47. The van der Waals surface area contributed by atoms with Gasteiger partial charge in [-0.15, -0.1) is 0 Å². The van der Waals surface area contributed by atoms with Gasteiger partial charge in [-0.25, -0.2) is 4.99 Å². The van der Waals surface area contributed by atoms with Gasteiger partial charge in [-0.3, -0.25) is 4.90 Å². The number of piperazine rings is 1. The standard InChI is InChI=1S/C21H31N5O/c1-2-22-21(24-18-20-10-6-17-27-20)23-11-7-12-25-13-15-26(16-14-25)19-8-4-3-5-9-19/h3-6,8-10,17H,2,7,11-16,18H2,1H3,(H2,22,23,24). The third-order valence-corrected chi connectivity index (χ3v) is 4.75. The first-order valence-electron chi connectivity index (χ1n) is 9.92. The normalized spacial score (nSPS) is 15.7. The smallest absolute Gasteiger partial charge is 0.191 e. The van der Waals surface area contributed by atoms with Gasteiger partial charge in [-0.2, -0.15) is 0 Å². The van der Waals surface area contributed by atoms with Crippen LogP contribution >= 0.6 is 0 Å². The van der Waals surface area contributed by atoms with Crippen LogP contribution in [0.2, 0.25) is 0 Å². The van der Waals surface area contributed by atoms with Gasteiger partial charge in [0, 0.05) is 45.0 Å². The zero-order valence-corrected chi connectivity index (χ0v) is 16.2. The molecule has 1 aliphatic heterocycles. The van der Waals surface area contributed by atoms with Crippen molar-refractivity contribution in [2.45, 2.75) is 19.9 Å². The molecule has 1 aromatic carbocycles. The molecule has 0 saturated carbocycles. The molecule has 0 aliphatic carbocycles. The van der Waals surface area contributed by atoms with E-state index in [0.717, 1.165) is 64.0 Å². The fourth-order valence-electron chi connectivity index (χ4n) is 3.28. The maximum atomic E-state index is 5.33. The largest absolute Gasteiger partial charge is 0.467 e. The van der Waals surface area contributed by atoms with Crippen LogP contribution in [0.5, 0.6) is 0 Å². The van der Waals surface area contributed by atoms with Gasteiger partial charge >= 0.3 is 0 Å². The van der Waals surface area contributed by atoms with E-state index in [9.17, 15) is 0 Å². The minimum atomic E-state index is 0.559. The van der Waals surface area contributed by atoms with Crippen molar-refractivity contribution in [1.82, 2.24) is 15.5 Å². The monoisotopic (exact) mass is 369 g/mol. The van der Waals surface area contributed by atoms with Crippen LogP contribution in [0.1, 0.15) is 19.1 Å². The van der Waals surface area contributed by atoms with Crippen molar-refractivity contribution in [3.63, 3.8) is 0 Å². The van der Waals surface area contributed by atoms with Crippen LogP contribution in [-0.2, 0) is 6.54 Å². The number of aliphatic imine (C=N–C) groups is 1. The molecule has 0 unspecified atom stereocenters. The summed E-state index contributed by atoms with van der Waals surface area (Å²) in [6.45, 7) is 9.99. The van der Waals surface area contributed by atoms with E-state index in [1.165, 1.54) is 5.69 Å². The molecule has 0 amide bonds. The Morgan fingerprint density at radius 2 is 1.85 bits per heavy atom. The Hall–Kier alpha value is -2.47. The molecule has 1 aliphatic rings. The number of nitrogens with one attached hydrogen (secondary N) is 2. The third kappa shape index (κ3) is 6.32. The van der Waals surface area contributed by atoms with E-state index in [2.05, 4.69) is 62.7 Å². The van der Waals surface area contributed by atoms with Crippen molar-refractivity contribution in [2.24, 2.45) is 4.99 Å². The maximum Gasteiger partial charge on any atom is 0.191 e. The summed E-state index contributed by atoms with van der Waals surface area (Å²) >= 11 is 0. The first-order valence-corrected chi connectivity index (χ1v) is 9.92. The molecule has 0 radical (unpaired) electrons. The Labute approximate surface area is 162 Å².